The Hall–Kier alpha value is -1.51. The van der Waals surface area contributed by atoms with Crippen molar-refractivity contribution in [1.82, 2.24) is 5.32 Å². The summed E-state index contributed by atoms with van der Waals surface area (Å²) >= 11 is 6.14. The van der Waals surface area contributed by atoms with Crippen molar-refractivity contribution in [3.63, 3.8) is 0 Å². The van der Waals surface area contributed by atoms with Gasteiger partial charge in [-0.15, -0.1) is 0 Å². The van der Waals surface area contributed by atoms with Crippen LogP contribution in [0.5, 0.6) is 11.5 Å². The fourth-order valence-electron chi connectivity index (χ4n) is 2.42. The number of benzene rings is 2. The SMILES string of the molecule is CCc1cc(Oc2cccc(C(CC)NC)c2)ccc1Cl. The summed E-state index contributed by atoms with van der Waals surface area (Å²) in [5, 5.41) is 4.10. The predicted molar refractivity (Wildman–Crippen MR) is 89.4 cm³/mol. The van der Waals surface area contributed by atoms with E-state index in [0.717, 1.165) is 34.9 Å². The highest BCUT2D eigenvalue weighted by Gasteiger charge is 2.08. The highest BCUT2D eigenvalue weighted by atomic mass is 35.5. The molecule has 0 aliphatic rings. The predicted octanol–water partition coefficient (Wildman–Crippen LogP) is 5.37. The van der Waals surface area contributed by atoms with Crippen molar-refractivity contribution in [3.05, 3.63) is 58.6 Å². The maximum atomic E-state index is 6.14. The third kappa shape index (κ3) is 3.99. The van der Waals surface area contributed by atoms with Gasteiger partial charge in [0.25, 0.3) is 0 Å². The van der Waals surface area contributed by atoms with Crippen LogP contribution in [0.4, 0.5) is 0 Å². The van der Waals surface area contributed by atoms with Gasteiger partial charge < -0.3 is 10.1 Å². The molecule has 0 spiro atoms. The molecule has 0 radical (unpaired) electrons. The second-order valence-corrected chi connectivity index (χ2v) is 5.44. The Morgan fingerprint density at radius 3 is 2.52 bits per heavy atom. The molecule has 0 heterocycles. The summed E-state index contributed by atoms with van der Waals surface area (Å²) < 4.78 is 5.97. The zero-order chi connectivity index (χ0) is 15.2. The molecule has 0 bridgehead atoms. The van der Waals surface area contributed by atoms with Crippen LogP contribution < -0.4 is 10.1 Å². The summed E-state index contributed by atoms with van der Waals surface area (Å²) in [4.78, 5) is 0. The molecular weight excluding hydrogens is 282 g/mol. The van der Waals surface area contributed by atoms with Crippen molar-refractivity contribution in [2.24, 2.45) is 0 Å². The first kappa shape index (κ1) is 15.9. The third-order valence-corrected chi connectivity index (χ3v) is 4.02. The minimum absolute atomic E-state index is 0.352. The van der Waals surface area contributed by atoms with Gasteiger partial charge in [0.15, 0.2) is 0 Å². The molecule has 2 aromatic carbocycles. The van der Waals surface area contributed by atoms with E-state index >= 15 is 0 Å². The number of halogens is 1. The Balaban J connectivity index is 2.21. The molecule has 0 aliphatic carbocycles. The number of aryl methyl sites for hydroxylation is 1. The lowest BCUT2D eigenvalue weighted by atomic mass is 10.0. The van der Waals surface area contributed by atoms with Crippen LogP contribution in [0.25, 0.3) is 0 Å². The average Bonchev–Trinajstić information content (AvgIpc) is 2.51. The topological polar surface area (TPSA) is 21.3 Å². The minimum Gasteiger partial charge on any atom is -0.457 e. The summed E-state index contributed by atoms with van der Waals surface area (Å²) in [7, 11) is 1.98. The molecule has 0 saturated carbocycles. The standard InChI is InChI=1S/C18H22ClNO/c1-4-13-11-16(9-10-17(13)19)21-15-8-6-7-14(12-15)18(5-2)20-3/h6-12,18,20H,4-5H2,1-3H3. The fourth-order valence-corrected chi connectivity index (χ4v) is 2.67. The molecule has 0 aromatic heterocycles. The van der Waals surface area contributed by atoms with Crippen LogP contribution in [0.15, 0.2) is 42.5 Å². The molecule has 0 fully saturated rings. The molecule has 1 unspecified atom stereocenters. The number of hydrogen-bond acceptors (Lipinski definition) is 2. The highest BCUT2D eigenvalue weighted by Crippen LogP contribution is 2.28. The molecule has 1 atom stereocenters. The summed E-state index contributed by atoms with van der Waals surface area (Å²) in [5.41, 5.74) is 2.34. The van der Waals surface area contributed by atoms with Gasteiger partial charge in [-0.25, -0.2) is 0 Å². The zero-order valence-corrected chi connectivity index (χ0v) is 13.6. The van der Waals surface area contributed by atoms with Gasteiger partial charge in [-0.05, 0) is 61.3 Å². The Morgan fingerprint density at radius 2 is 1.86 bits per heavy atom. The minimum atomic E-state index is 0.352. The number of hydrogen-bond donors (Lipinski definition) is 1. The number of ether oxygens (including phenoxy) is 1. The normalized spacial score (nSPS) is 12.2. The van der Waals surface area contributed by atoms with Gasteiger partial charge in [-0.1, -0.05) is 37.6 Å². The Bertz CT molecular complexity index is 594. The molecule has 2 nitrogen and oxygen atoms in total. The summed E-state index contributed by atoms with van der Waals surface area (Å²) in [6.45, 7) is 4.26. The van der Waals surface area contributed by atoms with Crippen LogP contribution >= 0.6 is 11.6 Å². The van der Waals surface area contributed by atoms with E-state index in [0.29, 0.717) is 6.04 Å². The van der Waals surface area contributed by atoms with Gasteiger partial charge in [0.05, 0.1) is 0 Å². The number of rotatable bonds is 6. The zero-order valence-electron chi connectivity index (χ0n) is 12.8. The van der Waals surface area contributed by atoms with Crippen molar-refractivity contribution in [2.75, 3.05) is 7.05 Å². The van der Waals surface area contributed by atoms with Crippen LogP contribution in [-0.4, -0.2) is 7.05 Å². The first-order chi connectivity index (χ1) is 10.2. The second-order valence-electron chi connectivity index (χ2n) is 5.03. The van der Waals surface area contributed by atoms with E-state index in [1.54, 1.807) is 0 Å². The van der Waals surface area contributed by atoms with Gasteiger partial charge in [0.2, 0.25) is 0 Å². The third-order valence-electron chi connectivity index (χ3n) is 3.65. The molecule has 2 rings (SSSR count). The Labute approximate surface area is 132 Å². The molecule has 112 valence electrons. The lowest BCUT2D eigenvalue weighted by Gasteiger charge is -2.15. The van der Waals surface area contributed by atoms with E-state index in [4.69, 9.17) is 16.3 Å². The molecule has 3 heteroatoms. The summed E-state index contributed by atoms with van der Waals surface area (Å²) in [6.07, 6.45) is 1.94. The molecule has 0 saturated heterocycles. The van der Waals surface area contributed by atoms with Crippen LogP contribution in [0.3, 0.4) is 0 Å². The van der Waals surface area contributed by atoms with Crippen LogP contribution in [-0.2, 0) is 6.42 Å². The highest BCUT2D eigenvalue weighted by molar-refractivity contribution is 6.31. The van der Waals surface area contributed by atoms with Crippen molar-refractivity contribution in [1.29, 1.82) is 0 Å². The van der Waals surface area contributed by atoms with Crippen molar-refractivity contribution in [3.8, 4) is 11.5 Å². The average molecular weight is 304 g/mol. The molecule has 0 amide bonds. The van der Waals surface area contributed by atoms with Crippen molar-refractivity contribution < 1.29 is 4.74 Å². The van der Waals surface area contributed by atoms with Gasteiger partial charge in [0, 0.05) is 11.1 Å². The quantitative estimate of drug-likeness (QED) is 0.775. The summed E-state index contributed by atoms with van der Waals surface area (Å²) in [5.74, 6) is 1.68. The lowest BCUT2D eigenvalue weighted by Crippen LogP contribution is -2.14. The van der Waals surface area contributed by atoms with Gasteiger partial charge in [-0.2, -0.15) is 0 Å². The Kier molecular flexibility index (Phi) is 5.66. The lowest BCUT2D eigenvalue weighted by molar-refractivity contribution is 0.478. The maximum absolute atomic E-state index is 6.14. The van der Waals surface area contributed by atoms with Crippen molar-refractivity contribution >= 4 is 11.6 Å². The first-order valence-electron chi connectivity index (χ1n) is 7.41. The molecule has 21 heavy (non-hydrogen) atoms. The van der Waals surface area contributed by atoms with E-state index in [9.17, 15) is 0 Å². The Morgan fingerprint density at radius 1 is 1.10 bits per heavy atom. The van der Waals surface area contributed by atoms with E-state index in [-0.39, 0.29) is 0 Å². The first-order valence-corrected chi connectivity index (χ1v) is 7.79. The van der Waals surface area contributed by atoms with E-state index in [1.165, 1.54) is 5.56 Å². The second kappa shape index (κ2) is 7.48. The van der Waals surface area contributed by atoms with Gasteiger partial charge in [0.1, 0.15) is 11.5 Å². The number of nitrogens with one attached hydrogen (secondary N) is 1. The molecule has 2 aromatic rings. The largest absolute Gasteiger partial charge is 0.457 e. The fraction of sp³-hybridized carbons (Fsp3) is 0.333. The van der Waals surface area contributed by atoms with Crippen LogP contribution in [0.1, 0.15) is 37.4 Å². The van der Waals surface area contributed by atoms with E-state index in [1.807, 2.05) is 37.4 Å². The van der Waals surface area contributed by atoms with Gasteiger partial charge in [-0.3, -0.25) is 0 Å². The monoisotopic (exact) mass is 303 g/mol. The van der Waals surface area contributed by atoms with Crippen LogP contribution in [0.2, 0.25) is 5.02 Å². The van der Waals surface area contributed by atoms with Gasteiger partial charge >= 0.3 is 0 Å². The maximum Gasteiger partial charge on any atom is 0.127 e. The van der Waals surface area contributed by atoms with E-state index < -0.39 is 0 Å². The van der Waals surface area contributed by atoms with Crippen LogP contribution in [0, 0.1) is 0 Å². The molecular formula is C18H22ClNO. The molecule has 0 aliphatic heterocycles. The molecule has 1 N–H and O–H groups in total. The smallest absolute Gasteiger partial charge is 0.127 e. The van der Waals surface area contributed by atoms with E-state index in [2.05, 4.69) is 31.3 Å². The van der Waals surface area contributed by atoms with Crippen molar-refractivity contribution in [2.45, 2.75) is 32.7 Å². The summed E-state index contributed by atoms with van der Waals surface area (Å²) in [6, 6.07) is 14.4.